The van der Waals surface area contributed by atoms with Gasteiger partial charge in [0, 0.05) is 24.1 Å². The van der Waals surface area contributed by atoms with Gasteiger partial charge in [-0.3, -0.25) is 0 Å². The lowest BCUT2D eigenvalue weighted by atomic mass is 10.00. The number of hydrogen-bond donors (Lipinski definition) is 1. The summed E-state index contributed by atoms with van der Waals surface area (Å²) in [4.78, 5) is 0. The first-order valence-corrected chi connectivity index (χ1v) is 6.83. The van der Waals surface area contributed by atoms with Gasteiger partial charge in [0.15, 0.2) is 0 Å². The Labute approximate surface area is 110 Å². The Balaban J connectivity index is 1.95. The summed E-state index contributed by atoms with van der Waals surface area (Å²) in [6.07, 6.45) is 3.64. The number of ether oxygens (including phenoxy) is 2. The van der Waals surface area contributed by atoms with Gasteiger partial charge in [0.2, 0.25) is 0 Å². The fraction of sp³-hybridized carbons (Fsp3) is 0.538. The molecule has 17 heavy (non-hydrogen) atoms. The number of nitrogens with one attached hydrogen (secondary N) is 1. The molecule has 0 spiro atoms. The van der Waals surface area contributed by atoms with E-state index in [1.165, 1.54) is 18.4 Å². The first kappa shape index (κ1) is 11.4. The van der Waals surface area contributed by atoms with E-state index in [1.54, 1.807) is 7.11 Å². The Bertz CT molecular complexity index is 432. The van der Waals surface area contributed by atoms with Crippen LogP contribution < -0.4 is 14.8 Å². The van der Waals surface area contributed by atoms with E-state index in [2.05, 4.69) is 27.3 Å². The van der Waals surface area contributed by atoms with E-state index in [4.69, 9.17) is 9.47 Å². The van der Waals surface area contributed by atoms with Crippen molar-refractivity contribution in [3.8, 4) is 11.5 Å². The Morgan fingerprint density at radius 2 is 2.18 bits per heavy atom. The first-order chi connectivity index (χ1) is 8.28. The van der Waals surface area contributed by atoms with Gasteiger partial charge in [0.25, 0.3) is 0 Å². The minimum Gasteiger partial charge on any atom is -0.497 e. The molecule has 1 aliphatic carbocycles. The van der Waals surface area contributed by atoms with Crippen molar-refractivity contribution in [2.45, 2.75) is 31.3 Å². The quantitative estimate of drug-likeness (QED) is 0.930. The molecule has 0 bridgehead atoms. The molecule has 0 saturated heterocycles. The molecular weight excluding hydrogens is 282 g/mol. The average Bonchev–Trinajstić information content (AvgIpc) is 3.14. The van der Waals surface area contributed by atoms with Crippen LogP contribution in [0.25, 0.3) is 0 Å². The maximum absolute atomic E-state index is 5.74. The molecule has 1 fully saturated rings. The minimum atomic E-state index is 0.401. The number of rotatable bonds is 3. The highest BCUT2D eigenvalue weighted by Gasteiger charge is 2.30. The second-order valence-electron chi connectivity index (χ2n) is 4.66. The highest BCUT2D eigenvalue weighted by atomic mass is 79.9. The lowest BCUT2D eigenvalue weighted by Crippen LogP contribution is -2.28. The van der Waals surface area contributed by atoms with Gasteiger partial charge in [-0.1, -0.05) is 0 Å². The average molecular weight is 298 g/mol. The number of fused-ring (bicyclic) bond motifs is 1. The summed E-state index contributed by atoms with van der Waals surface area (Å²) in [5.41, 5.74) is 1.22. The smallest absolute Gasteiger partial charge is 0.138 e. The predicted octanol–water partition coefficient (Wildman–Crippen LogP) is 3.03. The molecule has 4 heteroatoms. The molecule has 0 radical (unpaired) electrons. The van der Waals surface area contributed by atoms with Crippen molar-refractivity contribution in [1.82, 2.24) is 5.32 Å². The summed E-state index contributed by atoms with van der Waals surface area (Å²) in [6, 6.07) is 5.14. The number of halogens is 1. The van der Waals surface area contributed by atoms with Gasteiger partial charge in [-0.15, -0.1) is 0 Å². The van der Waals surface area contributed by atoms with Crippen LogP contribution in [0.5, 0.6) is 11.5 Å². The molecule has 0 aromatic heterocycles. The van der Waals surface area contributed by atoms with E-state index < -0.39 is 0 Å². The summed E-state index contributed by atoms with van der Waals surface area (Å²) in [6.45, 7) is 0.780. The number of benzene rings is 1. The van der Waals surface area contributed by atoms with Crippen LogP contribution in [0.4, 0.5) is 0 Å². The van der Waals surface area contributed by atoms with Gasteiger partial charge in [0.1, 0.15) is 11.5 Å². The van der Waals surface area contributed by atoms with Crippen molar-refractivity contribution in [3.05, 3.63) is 22.2 Å². The van der Waals surface area contributed by atoms with Crippen molar-refractivity contribution in [2.24, 2.45) is 0 Å². The molecule has 1 unspecified atom stereocenters. The van der Waals surface area contributed by atoms with Crippen LogP contribution in [-0.2, 0) is 0 Å². The van der Waals surface area contributed by atoms with Crippen molar-refractivity contribution in [1.29, 1.82) is 0 Å². The standard InChI is InChI=1S/C13H16BrNO2/c1-16-9-6-10-12(15-8-2-3-8)4-5-17-13(10)11(14)7-9/h6-8,12,15H,2-5H2,1H3. The summed E-state index contributed by atoms with van der Waals surface area (Å²) >= 11 is 3.55. The van der Waals surface area contributed by atoms with Crippen LogP contribution in [0.2, 0.25) is 0 Å². The minimum absolute atomic E-state index is 0.401. The maximum atomic E-state index is 5.74. The van der Waals surface area contributed by atoms with Gasteiger partial charge in [0.05, 0.1) is 18.2 Å². The Kier molecular flexibility index (Phi) is 3.01. The topological polar surface area (TPSA) is 30.5 Å². The van der Waals surface area contributed by atoms with Crippen LogP contribution in [0, 0.1) is 0 Å². The van der Waals surface area contributed by atoms with Gasteiger partial charge in [-0.25, -0.2) is 0 Å². The molecule has 1 heterocycles. The molecular formula is C13H16BrNO2. The van der Waals surface area contributed by atoms with E-state index in [9.17, 15) is 0 Å². The number of methoxy groups -OCH3 is 1. The monoisotopic (exact) mass is 297 g/mol. The van der Waals surface area contributed by atoms with Crippen molar-refractivity contribution in [2.75, 3.05) is 13.7 Å². The maximum Gasteiger partial charge on any atom is 0.138 e. The molecule has 1 aromatic rings. The molecule has 1 aliphatic heterocycles. The molecule has 92 valence electrons. The van der Waals surface area contributed by atoms with E-state index in [0.717, 1.165) is 29.0 Å². The van der Waals surface area contributed by atoms with Crippen molar-refractivity contribution < 1.29 is 9.47 Å². The second kappa shape index (κ2) is 4.50. The lowest BCUT2D eigenvalue weighted by molar-refractivity contribution is 0.249. The molecule has 1 N–H and O–H groups in total. The van der Waals surface area contributed by atoms with E-state index in [1.807, 2.05) is 6.07 Å². The summed E-state index contributed by atoms with van der Waals surface area (Å²) in [5.74, 6) is 1.85. The third-order valence-electron chi connectivity index (χ3n) is 3.32. The van der Waals surface area contributed by atoms with Crippen molar-refractivity contribution >= 4 is 15.9 Å². The Morgan fingerprint density at radius 3 is 2.88 bits per heavy atom. The molecule has 3 rings (SSSR count). The van der Waals surface area contributed by atoms with E-state index in [-0.39, 0.29) is 0 Å². The van der Waals surface area contributed by atoms with Gasteiger partial charge >= 0.3 is 0 Å². The summed E-state index contributed by atoms with van der Waals surface area (Å²) in [7, 11) is 1.70. The molecule has 0 amide bonds. The first-order valence-electron chi connectivity index (χ1n) is 6.04. The fourth-order valence-corrected chi connectivity index (χ4v) is 2.83. The molecule has 3 nitrogen and oxygen atoms in total. The van der Waals surface area contributed by atoms with Crippen LogP contribution in [0.3, 0.4) is 0 Å². The van der Waals surface area contributed by atoms with Gasteiger partial charge < -0.3 is 14.8 Å². The zero-order valence-electron chi connectivity index (χ0n) is 9.83. The third kappa shape index (κ3) is 2.29. The fourth-order valence-electron chi connectivity index (χ4n) is 2.26. The highest BCUT2D eigenvalue weighted by Crippen LogP contribution is 2.41. The van der Waals surface area contributed by atoms with Crippen molar-refractivity contribution in [3.63, 3.8) is 0 Å². The third-order valence-corrected chi connectivity index (χ3v) is 3.91. The summed E-state index contributed by atoms with van der Waals surface area (Å²) in [5, 5.41) is 3.67. The van der Waals surface area contributed by atoms with E-state index in [0.29, 0.717) is 12.1 Å². The van der Waals surface area contributed by atoms with Crippen LogP contribution in [0.15, 0.2) is 16.6 Å². The van der Waals surface area contributed by atoms with E-state index >= 15 is 0 Å². The zero-order chi connectivity index (χ0) is 11.8. The number of hydrogen-bond acceptors (Lipinski definition) is 3. The largest absolute Gasteiger partial charge is 0.497 e. The Hall–Kier alpha value is -0.740. The van der Waals surface area contributed by atoms with Gasteiger partial charge in [-0.05, 0) is 40.9 Å². The molecule has 1 saturated carbocycles. The lowest BCUT2D eigenvalue weighted by Gasteiger charge is -2.28. The summed E-state index contributed by atoms with van der Waals surface area (Å²) < 4.78 is 12.0. The SMILES string of the molecule is COc1cc(Br)c2c(c1)C(NC1CC1)CCO2. The van der Waals surface area contributed by atoms with Crippen LogP contribution >= 0.6 is 15.9 Å². The highest BCUT2D eigenvalue weighted by molar-refractivity contribution is 9.10. The molecule has 1 atom stereocenters. The van der Waals surface area contributed by atoms with Crippen LogP contribution in [0.1, 0.15) is 30.9 Å². The van der Waals surface area contributed by atoms with Crippen LogP contribution in [-0.4, -0.2) is 19.8 Å². The predicted molar refractivity (Wildman–Crippen MR) is 69.7 cm³/mol. The second-order valence-corrected chi connectivity index (χ2v) is 5.51. The normalized spacial score (nSPS) is 22.8. The van der Waals surface area contributed by atoms with Gasteiger partial charge in [-0.2, -0.15) is 0 Å². The molecule has 2 aliphatic rings. The molecule has 1 aromatic carbocycles. The Morgan fingerprint density at radius 1 is 1.35 bits per heavy atom. The zero-order valence-corrected chi connectivity index (χ0v) is 11.4.